The summed E-state index contributed by atoms with van der Waals surface area (Å²) in [7, 11) is 0. The molecule has 3 unspecified atom stereocenters. The first-order chi connectivity index (χ1) is 9.08. The van der Waals surface area contributed by atoms with E-state index >= 15 is 0 Å². The van der Waals surface area contributed by atoms with Crippen LogP contribution >= 0.6 is 23.2 Å². The van der Waals surface area contributed by atoms with Crippen LogP contribution in [0, 0.1) is 5.92 Å². The molecule has 0 saturated carbocycles. The Morgan fingerprint density at radius 1 is 1.47 bits per heavy atom. The van der Waals surface area contributed by atoms with Gasteiger partial charge in [-0.3, -0.25) is 0 Å². The summed E-state index contributed by atoms with van der Waals surface area (Å²) < 4.78 is 5.46. The van der Waals surface area contributed by atoms with Crippen LogP contribution < -0.4 is 5.32 Å². The van der Waals surface area contributed by atoms with E-state index in [9.17, 15) is 5.11 Å². The van der Waals surface area contributed by atoms with E-state index < -0.39 is 6.10 Å². The molecule has 1 aromatic carbocycles. The van der Waals surface area contributed by atoms with Gasteiger partial charge in [-0.15, -0.1) is 0 Å². The molecule has 2 N–H and O–H groups in total. The van der Waals surface area contributed by atoms with Gasteiger partial charge in [-0.2, -0.15) is 0 Å². The van der Waals surface area contributed by atoms with Crippen molar-refractivity contribution in [3.05, 3.63) is 33.8 Å². The van der Waals surface area contributed by atoms with Crippen molar-refractivity contribution in [2.75, 3.05) is 19.8 Å². The standard InChI is InChI=1S/C14H19Cl2NO2/c1-9(18)7-17-14(10-4-5-19-8-10)12-6-11(15)2-3-13(12)16/h2-3,6,9-10,14,17-18H,4-5,7-8H2,1H3. The summed E-state index contributed by atoms with van der Waals surface area (Å²) >= 11 is 12.3. The number of rotatable bonds is 5. The van der Waals surface area contributed by atoms with Gasteiger partial charge >= 0.3 is 0 Å². The molecule has 1 aliphatic rings. The van der Waals surface area contributed by atoms with Crippen molar-refractivity contribution in [1.82, 2.24) is 5.32 Å². The number of aliphatic hydroxyl groups excluding tert-OH is 1. The fourth-order valence-corrected chi connectivity index (χ4v) is 2.81. The third kappa shape index (κ3) is 4.07. The van der Waals surface area contributed by atoms with Crippen molar-refractivity contribution < 1.29 is 9.84 Å². The molecule has 0 spiro atoms. The van der Waals surface area contributed by atoms with E-state index in [0.717, 1.165) is 18.6 Å². The number of ether oxygens (including phenoxy) is 1. The zero-order valence-corrected chi connectivity index (χ0v) is 12.4. The van der Waals surface area contributed by atoms with Gasteiger partial charge in [-0.1, -0.05) is 23.2 Å². The van der Waals surface area contributed by atoms with Gasteiger partial charge < -0.3 is 15.2 Å². The van der Waals surface area contributed by atoms with Gasteiger partial charge in [-0.25, -0.2) is 0 Å². The van der Waals surface area contributed by atoms with Gasteiger partial charge in [0.15, 0.2) is 0 Å². The van der Waals surface area contributed by atoms with Gasteiger partial charge in [0.1, 0.15) is 0 Å². The summed E-state index contributed by atoms with van der Waals surface area (Å²) in [6.45, 7) is 3.76. The number of aliphatic hydroxyl groups is 1. The van der Waals surface area contributed by atoms with E-state index in [1.54, 1.807) is 13.0 Å². The molecular formula is C14H19Cl2NO2. The summed E-state index contributed by atoms with van der Waals surface area (Å²) in [6.07, 6.45) is 0.586. The van der Waals surface area contributed by atoms with Gasteiger partial charge in [-0.05, 0) is 37.1 Å². The highest BCUT2D eigenvalue weighted by atomic mass is 35.5. The molecule has 1 heterocycles. The molecule has 0 bridgehead atoms. The van der Waals surface area contributed by atoms with Crippen molar-refractivity contribution in [2.45, 2.75) is 25.5 Å². The smallest absolute Gasteiger partial charge is 0.0636 e. The highest BCUT2D eigenvalue weighted by Gasteiger charge is 2.28. The van der Waals surface area contributed by atoms with E-state index in [1.807, 2.05) is 12.1 Å². The van der Waals surface area contributed by atoms with Crippen LogP contribution in [-0.2, 0) is 4.74 Å². The van der Waals surface area contributed by atoms with E-state index in [2.05, 4.69) is 5.32 Å². The second kappa shape index (κ2) is 6.91. The Morgan fingerprint density at radius 2 is 2.26 bits per heavy atom. The average Bonchev–Trinajstić information content (AvgIpc) is 2.87. The average molecular weight is 304 g/mol. The Hall–Kier alpha value is -0.320. The van der Waals surface area contributed by atoms with Gasteiger partial charge in [0.05, 0.1) is 12.7 Å². The lowest BCUT2D eigenvalue weighted by Crippen LogP contribution is -2.33. The minimum Gasteiger partial charge on any atom is -0.392 e. The number of hydrogen-bond acceptors (Lipinski definition) is 3. The Bertz CT molecular complexity index is 420. The molecule has 3 nitrogen and oxygen atoms in total. The summed E-state index contributed by atoms with van der Waals surface area (Å²) in [5.74, 6) is 0.356. The van der Waals surface area contributed by atoms with Crippen molar-refractivity contribution in [2.24, 2.45) is 5.92 Å². The van der Waals surface area contributed by atoms with E-state index in [-0.39, 0.29) is 6.04 Å². The van der Waals surface area contributed by atoms with Crippen LogP contribution in [0.3, 0.4) is 0 Å². The maximum absolute atomic E-state index is 9.46. The molecule has 19 heavy (non-hydrogen) atoms. The maximum atomic E-state index is 9.46. The Labute approximate surface area is 123 Å². The number of hydrogen-bond donors (Lipinski definition) is 2. The summed E-state index contributed by atoms with van der Waals surface area (Å²) in [5.41, 5.74) is 0.977. The van der Waals surface area contributed by atoms with Crippen LogP contribution in [-0.4, -0.2) is 31.0 Å². The number of halogens is 2. The number of benzene rings is 1. The predicted molar refractivity (Wildman–Crippen MR) is 77.8 cm³/mol. The largest absolute Gasteiger partial charge is 0.392 e. The second-order valence-corrected chi connectivity index (χ2v) is 5.87. The molecule has 3 atom stereocenters. The fraction of sp³-hybridized carbons (Fsp3) is 0.571. The SMILES string of the molecule is CC(O)CNC(c1cc(Cl)ccc1Cl)C1CCOC1. The Balaban J connectivity index is 2.21. The molecule has 5 heteroatoms. The lowest BCUT2D eigenvalue weighted by molar-refractivity contribution is 0.162. The van der Waals surface area contributed by atoms with Gasteiger partial charge in [0.25, 0.3) is 0 Å². The third-order valence-corrected chi connectivity index (χ3v) is 3.94. The molecule has 0 aliphatic carbocycles. The third-order valence-electron chi connectivity index (χ3n) is 3.36. The van der Waals surface area contributed by atoms with E-state index in [4.69, 9.17) is 27.9 Å². The summed E-state index contributed by atoms with van der Waals surface area (Å²) in [5, 5.41) is 14.2. The molecule has 106 valence electrons. The fourth-order valence-electron chi connectivity index (χ4n) is 2.40. The zero-order valence-electron chi connectivity index (χ0n) is 10.9. The van der Waals surface area contributed by atoms with E-state index in [1.165, 1.54) is 0 Å². The number of nitrogens with one attached hydrogen (secondary N) is 1. The second-order valence-electron chi connectivity index (χ2n) is 5.02. The van der Waals surface area contributed by atoms with Gasteiger partial charge in [0, 0.05) is 35.2 Å². The summed E-state index contributed by atoms with van der Waals surface area (Å²) in [6, 6.07) is 5.54. The normalized spacial score (nSPS) is 22.4. The first-order valence-electron chi connectivity index (χ1n) is 6.52. The molecule has 1 aliphatic heterocycles. The lowest BCUT2D eigenvalue weighted by atomic mass is 9.92. The Kier molecular flexibility index (Phi) is 5.48. The van der Waals surface area contributed by atoms with Crippen LogP contribution in [0.4, 0.5) is 0 Å². The first kappa shape index (κ1) is 15.1. The zero-order chi connectivity index (χ0) is 13.8. The molecule has 0 amide bonds. The first-order valence-corrected chi connectivity index (χ1v) is 7.27. The van der Waals surface area contributed by atoms with Crippen LogP contribution in [0.5, 0.6) is 0 Å². The summed E-state index contributed by atoms with van der Waals surface area (Å²) in [4.78, 5) is 0. The predicted octanol–water partition coefficient (Wildman–Crippen LogP) is 3.04. The van der Waals surface area contributed by atoms with Crippen molar-refractivity contribution in [3.63, 3.8) is 0 Å². The molecule has 0 aromatic heterocycles. The topological polar surface area (TPSA) is 41.5 Å². The van der Waals surface area contributed by atoms with Crippen molar-refractivity contribution in [1.29, 1.82) is 0 Å². The van der Waals surface area contributed by atoms with Crippen molar-refractivity contribution in [3.8, 4) is 0 Å². The maximum Gasteiger partial charge on any atom is 0.0636 e. The molecule has 2 rings (SSSR count). The quantitative estimate of drug-likeness (QED) is 0.878. The van der Waals surface area contributed by atoms with Crippen LogP contribution in [0.1, 0.15) is 24.9 Å². The monoisotopic (exact) mass is 303 g/mol. The molecule has 1 saturated heterocycles. The molecular weight excluding hydrogens is 285 g/mol. The lowest BCUT2D eigenvalue weighted by Gasteiger charge is -2.26. The molecule has 0 radical (unpaired) electrons. The van der Waals surface area contributed by atoms with Crippen molar-refractivity contribution >= 4 is 23.2 Å². The van der Waals surface area contributed by atoms with Crippen LogP contribution in [0.25, 0.3) is 0 Å². The Morgan fingerprint density at radius 3 is 2.89 bits per heavy atom. The van der Waals surface area contributed by atoms with Gasteiger partial charge in [0.2, 0.25) is 0 Å². The molecule has 1 aromatic rings. The molecule has 1 fully saturated rings. The highest BCUT2D eigenvalue weighted by molar-refractivity contribution is 6.33. The minimum atomic E-state index is -0.400. The van der Waals surface area contributed by atoms with Crippen LogP contribution in [0.2, 0.25) is 10.0 Å². The highest BCUT2D eigenvalue weighted by Crippen LogP contribution is 2.34. The minimum absolute atomic E-state index is 0.0586. The van der Waals surface area contributed by atoms with Crippen LogP contribution in [0.15, 0.2) is 18.2 Å². The van der Waals surface area contributed by atoms with E-state index in [0.29, 0.717) is 29.1 Å².